The maximum atomic E-state index is 12.9. The third-order valence-corrected chi connectivity index (χ3v) is 4.70. The lowest BCUT2D eigenvalue weighted by Gasteiger charge is -2.23. The van der Waals surface area contributed by atoms with Crippen molar-refractivity contribution in [3.05, 3.63) is 82.6 Å². The Morgan fingerprint density at radius 3 is 2.58 bits per heavy atom. The molecule has 0 radical (unpaired) electrons. The summed E-state index contributed by atoms with van der Waals surface area (Å²) in [6.07, 6.45) is 0.828. The second-order valence-electron chi connectivity index (χ2n) is 6.53. The molecule has 0 N–H and O–H groups in total. The van der Waals surface area contributed by atoms with Gasteiger partial charge in [-0.3, -0.25) is 9.59 Å². The zero-order chi connectivity index (χ0) is 18.1. The van der Waals surface area contributed by atoms with E-state index in [0.717, 1.165) is 23.2 Å². The van der Waals surface area contributed by atoms with Crippen molar-refractivity contribution in [3.63, 3.8) is 0 Å². The van der Waals surface area contributed by atoms with Crippen molar-refractivity contribution in [2.24, 2.45) is 0 Å². The third kappa shape index (κ3) is 2.92. The van der Waals surface area contributed by atoms with Gasteiger partial charge >= 0.3 is 0 Å². The van der Waals surface area contributed by atoms with Gasteiger partial charge in [0.2, 0.25) is 5.91 Å². The Morgan fingerprint density at radius 1 is 1.04 bits per heavy atom. The summed E-state index contributed by atoms with van der Waals surface area (Å²) in [5.41, 5.74) is 3.39. The number of anilines is 1. The van der Waals surface area contributed by atoms with Gasteiger partial charge in [0.05, 0.1) is 5.69 Å². The van der Waals surface area contributed by atoms with Crippen molar-refractivity contribution in [3.8, 4) is 11.3 Å². The highest BCUT2D eigenvalue weighted by Crippen LogP contribution is 2.31. The first kappa shape index (κ1) is 16.3. The van der Waals surface area contributed by atoms with Crippen LogP contribution in [0.1, 0.15) is 12.5 Å². The topological polar surface area (TPSA) is 55.2 Å². The Balaban J connectivity index is 1.63. The molecule has 4 rings (SSSR count). The molecule has 1 amide bonds. The van der Waals surface area contributed by atoms with Crippen molar-refractivity contribution in [1.29, 1.82) is 0 Å². The van der Waals surface area contributed by atoms with Crippen LogP contribution in [-0.2, 0) is 17.8 Å². The molecule has 0 saturated carbocycles. The van der Waals surface area contributed by atoms with Crippen LogP contribution in [0.5, 0.6) is 0 Å². The Labute approximate surface area is 151 Å². The number of benzene rings is 2. The molecule has 0 bridgehead atoms. The van der Waals surface area contributed by atoms with Crippen LogP contribution >= 0.6 is 0 Å². The number of fused-ring (bicyclic) bond motifs is 1. The lowest BCUT2D eigenvalue weighted by molar-refractivity contribution is -0.119. The molecule has 2 aromatic carbocycles. The quantitative estimate of drug-likeness (QED) is 0.733. The van der Waals surface area contributed by atoms with Crippen molar-refractivity contribution >= 4 is 11.6 Å². The Hall–Kier alpha value is -3.21. The average molecular weight is 345 g/mol. The molecular formula is C21H19N3O2. The molecular weight excluding hydrogens is 326 g/mol. The minimum atomic E-state index is -0.279. The maximum Gasteiger partial charge on any atom is 0.267 e. The van der Waals surface area contributed by atoms with E-state index >= 15 is 0 Å². The Morgan fingerprint density at radius 2 is 1.77 bits per heavy atom. The first-order valence-electron chi connectivity index (χ1n) is 8.67. The molecule has 2 heterocycles. The number of rotatable bonds is 3. The minimum Gasteiger partial charge on any atom is -0.307 e. The molecule has 130 valence electrons. The number of aromatic nitrogens is 2. The van der Waals surface area contributed by atoms with E-state index in [-0.39, 0.29) is 24.1 Å². The summed E-state index contributed by atoms with van der Waals surface area (Å²) >= 11 is 0. The van der Waals surface area contributed by atoms with Gasteiger partial charge in [0.1, 0.15) is 6.54 Å². The zero-order valence-corrected chi connectivity index (χ0v) is 14.5. The number of carbonyl (C=O) groups is 1. The molecule has 5 heteroatoms. The molecule has 1 aromatic heterocycles. The highest BCUT2D eigenvalue weighted by molar-refractivity contribution is 5.96. The number of hydrogen-bond donors (Lipinski definition) is 0. The average Bonchev–Trinajstić information content (AvgIpc) is 3.00. The third-order valence-electron chi connectivity index (χ3n) is 4.70. The van der Waals surface area contributed by atoms with Crippen LogP contribution in [0.2, 0.25) is 0 Å². The predicted molar refractivity (Wildman–Crippen MR) is 101 cm³/mol. The molecule has 0 aliphatic carbocycles. The molecule has 26 heavy (non-hydrogen) atoms. The van der Waals surface area contributed by atoms with Gasteiger partial charge in [-0.2, -0.15) is 5.10 Å². The smallest absolute Gasteiger partial charge is 0.267 e. The first-order chi connectivity index (χ1) is 12.6. The highest BCUT2D eigenvalue weighted by atomic mass is 16.2. The van der Waals surface area contributed by atoms with Gasteiger partial charge in [0, 0.05) is 23.4 Å². The molecule has 3 aromatic rings. The normalized spacial score (nSPS) is 15.7. The van der Waals surface area contributed by atoms with Crippen LogP contribution in [0.25, 0.3) is 11.3 Å². The van der Waals surface area contributed by atoms with Gasteiger partial charge in [-0.15, -0.1) is 0 Å². The van der Waals surface area contributed by atoms with Crippen molar-refractivity contribution in [2.45, 2.75) is 25.9 Å². The molecule has 0 saturated heterocycles. The fourth-order valence-corrected chi connectivity index (χ4v) is 3.47. The van der Waals surface area contributed by atoms with E-state index in [9.17, 15) is 9.59 Å². The van der Waals surface area contributed by atoms with E-state index in [0.29, 0.717) is 5.69 Å². The lowest BCUT2D eigenvalue weighted by Crippen LogP contribution is -2.40. The van der Waals surface area contributed by atoms with Crippen LogP contribution < -0.4 is 10.5 Å². The van der Waals surface area contributed by atoms with Crippen LogP contribution in [-0.4, -0.2) is 21.7 Å². The first-order valence-corrected chi connectivity index (χ1v) is 8.67. The van der Waals surface area contributed by atoms with Crippen LogP contribution in [0.15, 0.2) is 71.5 Å². The summed E-state index contributed by atoms with van der Waals surface area (Å²) in [5.74, 6) is -0.123. The van der Waals surface area contributed by atoms with Gasteiger partial charge in [-0.1, -0.05) is 48.5 Å². The van der Waals surface area contributed by atoms with Gasteiger partial charge in [0.25, 0.3) is 5.56 Å². The largest absolute Gasteiger partial charge is 0.307 e. The van der Waals surface area contributed by atoms with Gasteiger partial charge < -0.3 is 4.90 Å². The monoisotopic (exact) mass is 345 g/mol. The summed E-state index contributed by atoms with van der Waals surface area (Å²) in [6.45, 7) is 1.95. The lowest BCUT2D eigenvalue weighted by atomic mass is 10.1. The fraction of sp³-hybridized carbons (Fsp3) is 0.190. The number of amides is 1. The van der Waals surface area contributed by atoms with Gasteiger partial charge in [0.15, 0.2) is 0 Å². The number of hydrogen-bond acceptors (Lipinski definition) is 3. The zero-order valence-electron chi connectivity index (χ0n) is 14.5. The molecule has 0 spiro atoms. The summed E-state index contributed by atoms with van der Waals surface area (Å²) in [7, 11) is 0. The number of nitrogens with zero attached hydrogens (tertiary/aromatic N) is 3. The molecule has 1 aliphatic rings. The van der Waals surface area contributed by atoms with E-state index < -0.39 is 0 Å². The Bertz CT molecular complexity index is 1010. The summed E-state index contributed by atoms with van der Waals surface area (Å²) in [5, 5.41) is 4.39. The van der Waals surface area contributed by atoms with E-state index in [2.05, 4.69) is 5.10 Å². The van der Waals surface area contributed by atoms with Crippen molar-refractivity contribution in [2.75, 3.05) is 4.90 Å². The second-order valence-corrected chi connectivity index (χ2v) is 6.53. The summed E-state index contributed by atoms with van der Waals surface area (Å²) in [4.78, 5) is 26.9. The summed E-state index contributed by atoms with van der Waals surface area (Å²) < 4.78 is 1.25. The maximum absolute atomic E-state index is 12.9. The SMILES string of the molecule is CC1Cc2ccccc2N1C(=O)Cn1nc(-c2ccccc2)ccc1=O. The number of carbonyl (C=O) groups excluding carboxylic acids is 1. The van der Waals surface area contributed by atoms with E-state index in [1.54, 1.807) is 11.0 Å². The molecule has 0 fully saturated rings. The number of para-hydroxylation sites is 1. The van der Waals surface area contributed by atoms with Gasteiger partial charge in [-0.25, -0.2) is 4.68 Å². The minimum absolute atomic E-state index is 0.0712. The standard InChI is InChI=1S/C21H19N3O2/c1-15-13-17-9-5-6-10-19(17)24(15)21(26)14-23-20(25)12-11-18(22-23)16-7-3-2-4-8-16/h2-12,15H,13-14H2,1H3. The van der Waals surface area contributed by atoms with Crippen LogP contribution in [0, 0.1) is 0 Å². The van der Waals surface area contributed by atoms with E-state index in [4.69, 9.17) is 0 Å². The fourth-order valence-electron chi connectivity index (χ4n) is 3.47. The molecule has 5 nitrogen and oxygen atoms in total. The van der Waals surface area contributed by atoms with Crippen LogP contribution in [0.4, 0.5) is 5.69 Å². The van der Waals surface area contributed by atoms with Crippen molar-refractivity contribution in [1.82, 2.24) is 9.78 Å². The van der Waals surface area contributed by atoms with Crippen molar-refractivity contribution < 1.29 is 4.79 Å². The highest BCUT2D eigenvalue weighted by Gasteiger charge is 2.30. The van der Waals surface area contributed by atoms with E-state index in [1.165, 1.54) is 10.7 Å². The predicted octanol–water partition coefficient (Wildman–Crippen LogP) is 2.89. The summed E-state index contributed by atoms with van der Waals surface area (Å²) in [6, 6.07) is 20.7. The molecule has 1 aliphatic heterocycles. The second kappa shape index (κ2) is 6.59. The van der Waals surface area contributed by atoms with Crippen LogP contribution in [0.3, 0.4) is 0 Å². The molecule has 1 atom stereocenters. The van der Waals surface area contributed by atoms with E-state index in [1.807, 2.05) is 61.5 Å². The van der Waals surface area contributed by atoms with Gasteiger partial charge in [-0.05, 0) is 31.0 Å². The molecule has 1 unspecified atom stereocenters. The Kier molecular flexibility index (Phi) is 4.13.